The molecular weight excluding hydrogens is 308 g/mol. The van der Waals surface area contributed by atoms with Crippen LogP contribution in [-0.2, 0) is 9.53 Å². The fraction of sp³-hybridized carbons (Fsp3) is 0.870. The van der Waals surface area contributed by atoms with Crippen LogP contribution in [0.15, 0.2) is 12.2 Å². The average Bonchev–Trinajstić information content (AvgIpc) is 2.62. The highest BCUT2D eigenvalue weighted by atomic mass is 16.5. The van der Waals surface area contributed by atoms with Crippen molar-refractivity contribution in [3.63, 3.8) is 0 Å². The van der Waals surface area contributed by atoms with Crippen LogP contribution in [0.4, 0.5) is 0 Å². The second-order valence-electron chi connectivity index (χ2n) is 7.26. The molecule has 0 fully saturated rings. The van der Waals surface area contributed by atoms with Crippen molar-refractivity contribution >= 4 is 5.97 Å². The normalized spacial score (nSPS) is 11.3. The van der Waals surface area contributed by atoms with E-state index in [1.54, 1.807) is 0 Å². The Kier molecular flexibility index (Phi) is 20.6. The van der Waals surface area contributed by atoms with Gasteiger partial charge in [0, 0.05) is 6.42 Å². The summed E-state index contributed by atoms with van der Waals surface area (Å²) in [5, 5.41) is 0. The van der Waals surface area contributed by atoms with Crippen LogP contribution in [0, 0.1) is 0 Å². The molecule has 0 atom stereocenters. The summed E-state index contributed by atoms with van der Waals surface area (Å²) in [5.74, 6) is -0.0126. The molecule has 0 aliphatic rings. The molecule has 0 unspecified atom stereocenters. The lowest BCUT2D eigenvalue weighted by Gasteiger charge is -2.03. The molecule has 25 heavy (non-hydrogen) atoms. The molecule has 0 aromatic rings. The number of hydrogen-bond acceptors (Lipinski definition) is 2. The van der Waals surface area contributed by atoms with Gasteiger partial charge in [-0.05, 0) is 38.5 Å². The van der Waals surface area contributed by atoms with Gasteiger partial charge in [-0.1, -0.05) is 90.2 Å². The maximum Gasteiger partial charge on any atom is 0.305 e. The zero-order chi connectivity index (χ0) is 18.4. The molecule has 2 nitrogen and oxygen atoms in total. The Bertz CT molecular complexity index is 296. The molecule has 2 heteroatoms. The van der Waals surface area contributed by atoms with E-state index in [2.05, 4.69) is 26.0 Å². The second-order valence-corrected chi connectivity index (χ2v) is 7.26. The minimum atomic E-state index is -0.0126. The van der Waals surface area contributed by atoms with Gasteiger partial charge in [-0.25, -0.2) is 0 Å². The van der Waals surface area contributed by atoms with Gasteiger partial charge in [-0.2, -0.15) is 0 Å². The summed E-state index contributed by atoms with van der Waals surface area (Å²) in [6.07, 6.45) is 25.4. The minimum absolute atomic E-state index is 0.0126. The van der Waals surface area contributed by atoms with E-state index < -0.39 is 0 Å². The molecule has 0 N–H and O–H groups in total. The smallest absolute Gasteiger partial charge is 0.305 e. The SMILES string of the molecule is CCCCCCCCCCC=CCCCCCC(=O)OCCCCC. The van der Waals surface area contributed by atoms with Crippen molar-refractivity contribution in [2.45, 2.75) is 123 Å². The van der Waals surface area contributed by atoms with Gasteiger partial charge in [0.2, 0.25) is 0 Å². The van der Waals surface area contributed by atoms with Gasteiger partial charge >= 0.3 is 5.97 Å². The predicted octanol–water partition coefficient (Wildman–Crippen LogP) is 7.76. The third-order valence-electron chi connectivity index (χ3n) is 4.65. The van der Waals surface area contributed by atoms with Crippen LogP contribution in [0.3, 0.4) is 0 Å². The summed E-state index contributed by atoms with van der Waals surface area (Å²) in [6.45, 7) is 5.04. The highest BCUT2D eigenvalue weighted by molar-refractivity contribution is 5.69. The summed E-state index contributed by atoms with van der Waals surface area (Å²) in [5.41, 5.74) is 0. The average molecular weight is 353 g/mol. The third kappa shape index (κ3) is 21.2. The van der Waals surface area contributed by atoms with Crippen LogP contribution in [0.5, 0.6) is 0 Å². The van der Waals surface area contributed by atoms with E-state index in [9.17, 15) is 4.79 Å². The van der Waals surface area contributed by atoms with Gasteiger partial charge in [0.1, 0.15) is 0 Å². The predicted molar refractivity (Wildman–Crippen MR) is 110 cm³/mol. The van der Waals surface area contributed by atoms with Crippen molar-refractivity contribution in [3.8, 4) is 0 Å². The Morgan fingerprint density at radius 1 is 0.640 bits per heavy atom. The molecule has 0 aliphatic carbocycles. The van der Waals surface area contributed by atoms with Gasteiger partial charge in [0.25, 0.3) is 0 Å². The van der Waals surface area contributed by atoms with Gasteiger partial charge in [0.05, 0.1) is 6.61 Å². The fourth-order valence-corrected chi connectivity index (χ4v) is 2.95. The van der Waals surface area contributed by atoms with Crippen molar-refractivity contribution in [1.82, 2.24) is 0 Å². The number of carbonyl (C=O) groups excluding carboxylic acids is 1. The zero-order valence-corrected chi connectivity index (χ0v) is 17.2. The molecule has 0 saturated heterocycles. The molecule has 148 valence electrons. The first-order valence-electron chi connectivity index (χ1n) is 11.1. The Labute approximate surface area is 157 Å². The number of rotatable bonds is 19. The number of hydrogen-bond donors (Lipinski definition) is 0. The van der Waals surface area contributed by atoms with Crippen LogP contribution in [0.2, 0.25) is 0 Å². The summed E-state index contributed by atoms with van der Waals surface area (Å²) >= 11 is 0. The van der Waals surface area contributed by atoms with E-state index >= 15 is 0 Å². The fourth-order valence-electron chi connectivity index (χ4n) is 2.95. The summed E-state index contributed by atoms with van der Waals surface area (Å²) < 4.78 is 5.21. The topological polar surface area (TPSA) is 26.3 Å². The second kappa shape index (κ2) is 21.3. The minimum Gasteiger partial charge on any atom is -0.466 e. The largest absolute Gasteiger partial charge is 0.466 e. The van der Waals surface area contributed by atoms with E-state index in [4.69, 9.17) is 4.74 Å². The Hall–Kier alpha value is -0.790. The molecule has 0 bridgehead atoms. The maximum atomic E-state index is 11.5. The Balaban J connectivity index is 3.18. The third-order valence-corrected chi connectivity index (χ3v) is 4.65. The van der Waals surface area contributed by atoms with Crippen molar-refractivity contribution in [2.24, 2.45) is 0 Å². The molecule has 0 spiro atoms. The highest BCUT2D eigenvalue weighted by Crippen LogP contribution is 2.10. The van der Waals surface area contributed by atoms with Crippen LogP contribution in [-0.4, -0.2) is 12.6 Å². The standard InChI is InChI=1S/C23H44O2/c1-3-5-7-8-9-10-11-12-13-14-15-16-17-18-19-21-23(24)25-22-20-6-4-2/h14-15H,3-13,16-22H2,1-2H3. The van der Waals surface area contributed by atoms with E-state index in [0.717, 1.165) is 32.1 Å². The van der Waals surface area contributed by atoms with Crippen LogP contribution < -0.4 is 0 Å². The summed E-state index contributed by atoms with van der Waals surface area (Å²) in [4.78, 5) is 11.5. The molecule has 0 heterocycles. The Morgan fingerprint density at radius 3 is 1.72 bits per heavy atom. The van der Waals surface area contributed by atoms with Crippen LogP contribution >= 0.6 is 0 Å². The van der Waals surface area contributed by atoms with Gasteiger partial charge in [-0.15, -0.1) is 0 Å². The summed E-state index contributed by atoms with van der Waals surface area (Å²) in [7, 11) is 0. The quantitative estimate of drug-likeness (QED) is 0.135. The molecule has 0 aromatic carbocycles. The molecule has 0 aromatic heterocycles. The van der Waals surface area contributed by atoms with Gasteiger partial charge in [-0.3, -0.25) is 4.79 Å². The molecule has 0 aliphatic heterocycles. The first-order chi connectivity index (χ1) is 12.3. The van der Waals surface area contributed by atoms with Crippen molar-refractivity contribution in [3.05, 3.63) is 12.2 Å². The number of allylic oxidation sites excluding steroid dienone is 2. The molecule has 0 saturated carbocycles. The lowest BCUT2D eigenvalue weighted by atomic mass is 10.1. The maximum absolute atomic E-state index is 11.5. The lowest BCUT2D eigenvalue weighted by molar-refractivity contribution is -0.143. The van der Waals surface area contributed by atoms with Gasteiger partial charge < -0.3 is 4.74 Å². The molecule has 0 amide bonds. The van der Waals surface area contributed by atoms with E-state index in [1.165, 1.54) is 70.6 Å². The van der Waals surface area contributed by atoms with E-state index in [-0.39, 0.29) is 5.97 Å². The first kappa shape index (κ1) is 24.2. The Morgan fingerprint density at radius 2 is 1.12 bits per heavy atom. The monoisotopic (exact) mass is 352 g/mol. The number of esters is 1. The molecular formula is C23H44O2. The van der Waals surface area contributed by atoms with E-state index in [0.29, 0.717) is 13.0 Å². The molecule has 0 radical (unpaired) electrons. The van der Waals surface area contributed by atoms with Crippen molar-refractivity contribution in [1.29, 1.82) is 0 Å². The lowest BCUT2D eigenvalue weighted by Crippen LogP contribution is -2.05. The van der Waals surface area contributed by atoms with Gasteiger partial charge in [0.15, 0.2) is 0 Å². The van der Waals surface area contributed by atoms with E-state index in [1.807, 2.05) is 0 Å². The number of carbonyl (C=O) groups is 1. The van der Waals surface area contributed by atoms with Crippen molar-refractivity contribution < 1.29 is 9.53 Å². The zero-order valence-electron chi connectivity index (χ0n) is 17.2. The number of ether oxygens (including phenoxy) is 1. The van der Waals surface area contributed by atoms with Crippen LogP contribution in [0.25, 0.3) is 0 Å². The van der Waals surface area contributed by atoms with Crippen molar-refractivity contribution in [2.75, 3.05) is 6.61 Å². The van der Waals surface area contributed by atoms with Crippen LogP contribution in [0.1, 0.15) is 123 Å². The summed E-state index contributed by atoms with van der Waals surface area (Å²) in [6, 6.07) is 0. The molecule has 0 rings (SSSR count). The highest BCUT2D eigenvalue weighted by Gasteiger charge is 2.01. The number of unbranched alkanes of at least 4 members (excludes halogenated alkanes) is 13. The first-order valence-corrected chi connectivity index (χ1v) is 11.1.